The van der Waals surface area contributed by atoms with Crippen molar-refractivity contribution in [2.75, 3.05) is 13.1 Å². The van der Waals surface area contributed by atoms with Crippen molar-refractivity contribution in [2.45, 2.75) is 25.7 Å². The van der Waals surface area contributed by atoms with Gasteiger partial charge in [-0.2, -0.15) is 0 Å². The van der Waals surface area contributed by atoms with Crippen LogP contribution in [-0.4, -0.2) is 39.6 Å². The summed E-state index contributed by atoms with van der Waals surface area (Å²) in [6, 6.07) is 10.9. The van der Waals surface area contributed by atoms with Gasteiger partial charge in [-0.15, -0.1) is 0 Å². The van der Waals surface area contributed by atoms with Gasteiger partial charge in [0.2, 0.25) is 0 Å². The van der Waals surface area contributed by atoms with E-state index in [0.717, 1.165) is 24.5 Å². The molecule has 2 aromatic rings. The van der Waals surface area contributed by atoms with Gasteiger partial charge in [0.25, 0.3) is 11.5 Å². The average molecular weight is 355 g/mol. The summed E-state index contributed by atoms with van der Waals surface area (Å²) in [6.07, 6.45) is 2.61. The number of likely N-dealkylation sites (tertiary alicyclic amines) is 1. The summed E-state index contributed by atoms with van der Waals surface area (Å²) in [5.41, 5.74) is -0.264. The number of carbonyl (C=O) groups is 2. The van der Waals surface area contributed by atoms with Crippen LogP contribution in [0.1, 0.15) is 35.3 Å². The van der Waals surface area contributed by atoms with Crippen LogP contribution in [0.15, 0.2) is 46.0 Å². The summed E-state index contributed by atoms with van der Waals surface area (Å²) in [7, 11) is 0. The van der Waals surface area contributed by atoms with Gasteiger partial charge < -0.3 is 9.88 Å². The zero-order chi connectivity index (χ0) is 18.5. The van der Waals surface area contributed by atoms with E-state index in [9.17, 15) is 19.2 Å². The lowest BCUT2D eigenvalue weighted by Crippen LogP contribution is -2.43. The molecule has 0 spiro atoms. The molecule has 1 amide bonds. The van der Waals surface area contributed by atoms with Crippen molar-refractivity contribution in [1.29, 1.82) is 0 Å². The van der Waals surface area contributed by atoms with Crippen LogP contribution in [0.2, 0.25) is 0 Å². The number of benzene rings is 1. The first-order valence-corrected chi connectivity index (χ1v) is 8.72. The Labute approximate surface area is 150 Å². The topological polar surface area (TPSA) is 103 Å². The van der Waals surface area contributed by atoms with Crippen LogP contribution < -0.4 is 11.2 Å². The molecule has 26 heavy (non-hydrogen) atoms. The summed E-state index contributed by atoms with van der Waals surface area (Å²) >= 11 is 0. The molecule has 1 aromatic heterocycles. The minimum absolute atomic E-state index is 0.0452. The second kappa shape index (κ2) is 7.95. The Balaban J connectivity index is 1.63. The molecule has 2 N–H and O–H groups in total. The summed E-state index contributed by atoms with van der Waals surface area (Å²) in [6.45, 7) is 0.831. The molecule has 1 atom stereocenters. The van der Waals surface area contributed by atoms with Crippen LogP contribution in [0.25, 0.3) is 0 Å². The minimum Gasteiger partial charge on any atom is -0.337 e. The molecular weight excluding hydrogens is 334 g/mol. The molecule has 7 nitrogen and oxygen atoms in total. The fourth-order valence-corrected chi connectivity index (χ4v) is 3.30. The number of nitrogens with zero attached hydrogens (tertiary/aromatic N) is 1. The van der Waals surface area contributed by atoms with Crippen LogP contribution in [0.3, 0.4) is 0 Å². The third-order valence-corrected chi connectivity index (χ3v) is 4.66. The predicted molar refractivity (Wildman–Crippen MR) is 96.1 cm³/mol. The highest BCUT2D eigenvalue weighted by Crippen LogP contribution is 2.20. The van der Waals surface area contributed by atoms with Crippen molar-refractivity contribution in [2.24, 2.45) is 5.92 Å². The van der Waals surface area contributed by atoms with E-state index in [0.29, 0.717) is 25.9 Å². The fourth-order valence-electron chi connectivity index (χ4n) is 3.30. The number of aromatic amines is 2. The normalized spacial score (nSPS) is 17.1. The van der Waals surface area contributed by atoms with Gasteiger partial charge in [0.15, 0.2) is 0 Å². The predicted octanol–water partition coefficient (Wildman–Crippen LogP) is 1.12. The summed E-state index contributed by atoms with van der Waals surface area (Å²) in [4.78, 5) is 53.7. The van der Waals surface area contributed by atoms with Gasteiger partial charge in [-0.25, -0.2) is 4.79 Å². The molecule has 7 heteroatoms. The Hall–Kier alpha value is -2.96. The number of rotatable bonds is 5. The van der Waals surface area contributed by atoms with E-state index >= 15 is 0 Å². The number of nitrogens with one attached hydrogen (secondary N) is 2. The van der Waals surface area contributed by atoms with E-state index < -0.39 is 17.2 Å². The maximum absolute atomic E-state index is 12.5. The van der Waals surface area contributed by atoms with Gasteiger partial charge in [0.05, 0.1) is 0 Å². The molecule has 1 saturated heterocycles. The number of piperidine rings is 1. The lowest BCUT2D eigenvalue weighted by atomic mass is 9.90. The van der Waals surface area contributed by atoms with Gasteiger partial charge in [-0.1, -0.05) is 30.3 Å². The molecular formula is C19H21N3O4. The van der Waals surface area contributed by atoms with Crippen LogP contribution in [0, 0.1) is 5.92 Å². The number of ketones is 1. The monoisotopic (exact) mass is 355 g/mol. The average Bonchev–Trinajstić information content (AvgIpc) is 2.65. The SMILES string of the molecule is O=C(CCc1ccccc1)C1CCCN(C(=O)c2cc(=O)[nH]c(=O)[nH]2)C1. The van der Waals surface area contributed by atoms with Crippen molar-refractivity contribution in [3.63, 3.8) is 0 Å². The van der Waals surface area contributed by atoms with E-state index in [1.165, 1.54) is 0 Å². The first-order chi connectivity index (χ1) is 12.5. The standard InChI is InChI=1S/C19H21N3O4/c23-16(9-8-13-5-2-1-3-6-13)14-7-4-10-22(12-14)18(25)15-11-17(24)21-19(26)20-15/h1-3,5-6,11,14H,4,7-10,12H2,(H2,20,21,24,26). The number of Topliss-reactive ketones (excluding diaryl/α,β-unsaturated/α-hetero) is 1. The largest absolute Gasteiger partial charge is 0.337 e. The number of aromatic nitrogens is 2. The third kappa shape index (κ3) is 4.36. The number of amides is 1. The zero-order valence-electron chi connectivity index (χ0n) is 14.4. The van der Waals surface area contributed by atoms with Crippen molar-refractivity contribution in [3.05, 3.63) is 68.5 Å². The quantitative estimate of drug-likeness (QED) is 0.839. The van der Waals surface area contributed by atoms with Crippen molar-refractivity contribution >= 4 is 11.7 Å². The lowest BCUT2D eigenvalue weighted by Gasteiger charge is -2.32. The molecule has 136 valence electrons. The number of H-pyrrole nitrogens is 2. The maximum Gasteiger partial charge on any atom is 0.326 e. The molecule has 0 aliphatic carbocycles. The highest BCUT2D eigenvalue weighted by Gasteiger charge is 2.29. The smallest absolute Gasteiger partial charge is 0.326 e. The Morgan fingerprint density at radius 3 is 2.62 bits per heavy atom. The second-order valence-corrected chi connectivity index (χ2v) is 6.54. The van der Waals surface area contributed by atoms with E-state index in [1.54, 1.807) is 4.90 Å². The Bertz CT molecular complexity index is 872. The molecule has 2 heterocycles. The highest BCUT2D eigenvalue weighted by atomic mass is 16.2. The van der Waals surface area contributed by atoms with Gasteiger partial charge in [0.1, 0.15) is 11.5 Å². The third-order valence-electron chi connectivity index (χ3n) is 4.66. The molecule has 0 bridgehead atoms. The second-order valence-electron chi connectivity index (χ2n) is 6.54. The summed E-state index contributed by atoms with van der Waals surface area (Å²) in [5, 5.41) is 0. The number of hydrogen-bond acceptors (Lipinski definition) is 4. The van der Waals surface area contributed by atoms with E-state index in [1.807, 2.05) is 35.3 Å². The molecule has 1 aromatic carbocycles. The molecule has 3 rings (SSSR count). The lowest BCUT2D eigenvalue weighted by molar-refractivity contribution is -0.124. The van der Waals surface area contributed by atoms with Gasteiger partial charge in [0, 0.05) is 31.5 Å². The van der Waals surface area contributed by atoms with Gasteiger partial charge in [-0.05, 0) is 24.8 Å². The summed E-state index contributed by atoms with van der Waals surface area (Å²) < 4.78 is 0. The minimum atomic E-state index is -0.714. The first kappa shape index (κ1) is 17.8. The van der Waals surface area contributed by atoms with Crippen molar-refractivity contribution in [1.82, 2.24) is 14.9 Å². The number of hydrogen-bond donors (Lipinski definition) is 2. The van der Waals surface area contributed by atoms with Crippen molar-refractivity contribution in [3.8, 4) is 0 Å². The number of aryl methyl sites for hydroxylation is 1. The summed E-state index contributed by atoms with van der Waals surface area (Å²) in [5.74, 6) is -0.482. The van der Waals surface area contributed by atoms with Crippen LogP contribution >= 0.6 is 0 Å². The Morgan fingerprint density at radius 1 is 1.12 bits per heavy atom. The Kier molecular flexibility index (Phi) is 5.46. The molecule has 0 saturated carbocycles. The van der Waals surface area contributed by atoms with Crippen molar-refractivity contribution < 1.29 is 9.59 Å². The molecule has 0 radical (unpaired) electrons. The number of carbonyl (C=O) groups excluding carboxylic acids is 2. The highest BCUT2D eigenvalue weighted by molar-refractivity contribution is 5.92. The van der Waals surface area contributed by atoms with E-state index in [4.69, 9.17) is 0 Å². The van der Waals surface area contributed by atoms with Crippen LogP contribution in [0.5, 0.6) is 0 Å². The van der Waals surface area contributed by atoms with E-state index in [2.05, 4.69) is 4.98 Å². The van der Waals surface area contributed by atoms with Crippen LogP contribution in [0.4, 0.5) is 0 Å². The van der Waals surface area contributed by atoms with Gasteiger partial charge >= 0.3 is 5.69 Å². The molecule has 1 aliphatic heterocycles. The zero-order valence-corrected chi connectivity index (χ0v) is 14.4. The van der Waals surface area contributed by atoms with Gasteiger partial charge in [-0.3, -0.25) is 19.4 Å². The van der Waals surface area contributed by atoms with E-state index in [-0.39, 0.29) is 17.4 Å². The fraction of sp³-hybridized carbons (Fsp3) is 0.368. The first-order valence-electron chi connectivity index (χ1n) is 8.72. The molecule has 1 unspecified atom stereocenters. The maximum atomic E-state index is 12.5. The van der Waals surface area contributed by atoms with Crippen LogP contribution in [-0.2, 0) is 11.2 Å². The molecule has 1 fully saturated rings. The molecule has 1 aliphatic rings. The Morgan fingerprint density at radius 2 is 1.88 bits per heavy atom.